The molecule has 7 nitrogen and oxygen atoms in total. The van der Waals surface area contributed by atoms with E-state index in [1.807, 2.05) is 60.7 Å². The molecule has 2 heterocycles. The number of rotatable bonds is 10. The third-order valence-electron chi connectivity index (χ3n) is 6.49. The van der Waals surface area contributed by atoms with E-state index in [-0.39, 0.29) is 30.5 Å². The third-order valence-corrected chi connectivity index (χ3v) is 13.3. The van der Waals surface area contributed by atoms with Gasteiger partial charge in [-0.15, -0.1) is 0 Å². The summed E-state index contributed by atoms with van der Waals surface area (Å²) in [6, 6.07) is 17.8. The molecule has 15 heteroatoms. The van der Waals surface area contributed by atoms with Crippen molar-refractivity contribution in [1.29, 1.82) is 0 Å². The maximum absolute atomic E-state index is 13.9. The first-order chi connectivity index (χ1) is 19.7. The van der Waals surface area contributed by atoms with Gasteiger partial charge in [0.25, 0.3) is 0 Å². The van der Waals surface area contributed by atoms with Crippen LogP contribution in [0.1, 0.15) is 24.2 Å². The number of esters is 2. The van der Waals surface area contributed by atoms with Crippen molar-refractivity contribution in [2.45, 2.75) is 32.0 Å². The number of fused-ring (bicyclic) bond motifs is 1. The Morgan fingerprint density at radius 3 is 1.98 bits per heavy atom. The molecule has 0 unspecified atom stereocenters. The van der Waals surface area contributed by atoms with E-state index in [4.69, 9.17) is 79.1 Å². The zero-order valence-corrected chi connectivity index (χ0v) is 28.6. The van der Waals surface area contributed by atoms with E-state index in [0.717, 1.165) is 11.1 Å². The summed E-state index contributed by atoms with van der Waals surface area (Å²) >= 11 is 37.7. The van der Waals surface area contributed by atoms with Crippen molar-refractivity contribution >= 4 is 107 Å². The summed E-state index contributed by atoms with van der Waals surface area (Å²) < 4.78 is 8.10. The fourth-order valence-corrected chi connectivity index (χ4v) is 11.9. The van der Waals surface area contributed by atoms with Crippen LogP contribution in [0.2, 0.25) is 0 Å². The van der Waals surface area contributed by atoms with Crippen LogP contribution in [-0.4, -0.2) is 66.4 Å². The van der Waals surface area contributed by atoms with Crippen LogP contribution in [0.4, 0.5) is 0 Å². The van der Waals surface area contributed by atoms with Gasteiger partial charge in [0.1, 0.15) is 0 Å². The van der Waals surface area contributed by atoms with Gasteiger partial charge in [-0.1, -0.05) is 0 Å². The van der Waals surface area contributed by atoms with Crippen LogP contribution < -0.4 is 5.09 Å². The van der Waals surface area contributed by atoms with Crippen LogP contribution in [0, 0.1) is 0 Å². The van der Waals surface area contributed by atoms with E-state index >= 15 is 0 Å². The summed E-state index contributed by atoms with van der Waals surface area (Å²) in [5.74, 6) is -1.31. The average Bonchev–Trinajstić information content (AvgIpc) is 2.91. The van der Waals surface area contributed by atoms with E-state index in [0.29, 0.717) is 11.3 Å². The van der Waals surface area contributed by atoms with Crippen molar-refractivity contribution in [3.63, 3.8) is 0 Å². The first-order valence-electron chi connectivity index (χ1n) is 12.7. The number of nitrogens with one attached hydrogen (secondary N) is 1. The zero-order valence-electron chi connectivity index (χ0n) is 22.1. The van der Waals surface area contributed by atoms with Crippen LogP contribution >= 0.6 is 89.4 Å². The van der Waals surface area contributed by atoms with Crippen molar-refractivity contribution in [2.24, 2.45) is 0 Å². The van der Waals surface area contributed by atoms with E-state index < -0.39 is 45.1 Å². The van der Waals surface area contributed by atoms with Crippen molar-refractivity contribution < 1.29 is 23.9 Å². The first-order valence-corrected chi connectivity index (χ1v) is 18.3. The fourth-order valence-electron chi connectivity index (χ4n) is 4.74. The van der Waals surface area contributed by atoms with Gasteiger partial charge in [-0.25, -0.2) is 0 Å². The van der Waals surface area contributed by atoms with Gasteiger partial charge < -0.3 is 0 Å². The number of hydrogen-bond donors (Lipinski definition) is 1. The molecule has 0 saturated carbocycles. The molecular formula is C27H27Cl6N2O5PS. The Bertz CT molecular complexity index is 1270. The Balaban J connectivity index is 1.62. The van der Waals surface area contributed by atoms with Crippen LogP contribution in [-0.2, 0) is 23.9 Å². The fraction of sp³-hybridized carbons (Fsp3) is 0.370. The molecule has 0 bridgehead atoms. The van der Waals surface area contributed by atoms with Gasteiger partial charge in [0, 0.05) is 0 Å². The Labute approximate surface area is 279 Å². The number of alkyl halides is 6. The zero-order chi connectivity index (χ0) is 30.7. The van der Waals surface area contributed by atoms with Crippen molar-refractivity contribution in [3.8, 4) is 0 Å². The second-order valence-electron chi connectivity index (χ2n) is 9.73. The van der Waals surface area contributed by atoms with Gasteiger partial charge in [0.15, 0.2) is 0 Å². The molecule has 0 aromatic heterocycles. The summed E-state index contributed by atoms with van der Waals surface area (Å²) in [4.78, 5) is 40.5. The molecule has 2 aliphatic heterocycles. The Morgan fingerprint density at radius 1 is 0.976 bits per heavy atom. The van der Waals surface area contributed by atoms with Gasteiger partial charge in [0.05, 0.1) is 0 Å². The number of hydrogen-bond acceptors (Lipinski definition) is 7. The third kappa shape index (κ3) is 9.06. The van der Waals surface area contributed by atoms with Crippen LogP contribution in [0.15, 0.2) is 71.9 Å². The monoisotopic (exact) mass is 732 g/mol. The van der Waals surface area contributed by atoms with Crippen LogP contribution in [0.5, 0.6) is 0 Å². The van der Waals surface area contributed by atoms with Crippen LogP contribution in [0.3, 0.4) is 0 Å². The van der Waals surface area contributed by atoms with Gasteiger partial charge in [-0.2, -0.15) is 0 Å². The summed E-state index contributed by atoms with van der Waals surface area (Å²) in [6.45, 7) is 1.10. The number of thioether (sulfide) groups is 1. The number of ether oxygens (including phenoxy) is 2. The van der Waals surface area contributed by atoms with Gasteiger partial charge in [-0.3, -0.25) is 0 Å². The van der Waals surface area contributed by atoms with E-state index in [1.54, 1.807) is 0 Å². The quantitative estimate of drug-likeness (QED) is 0.127. The molecular weight excluding hydrogens is 708 g/mol. The normalized spacial score (nSPS) is 19.3. The molecule has 1 N–H and O–H groups in total. The average molecular weight is 735 g/mol. The summed E-state index contributed by atoms with van der Waals surface area (Å²) in [6.07, 6.45) is -0.540. The first kappa shape index (κ1) is 34.0. The molecule has 2 aromatic carbocycles. The number of benzene rings is 2. The topological polar surface area (TPSA) is 84.9 Å². The second kappa shape index (κ2) is 14.4. The van der Waals surface area contributed by atoms with Gasteiger partial charge in [-0.05, 0) is 0 Å². The summed E-state index contributed by atoms with van der Waals surface area (Å²) in [7, 11) is -2.31. The molecule has 2 aliphatic rings. The van der Waals surface area contributed by atoms with E-state index in [1.165, 1.54) is 23.6 Å². The molecule has 1 saturated heterocycles. The Kier molecular flexibility index (Phi) is 11.7. The predicted molar refractivity (Wildman–Crippen MR) is 175 cm³/mol. The van der Waals surface area contributed by atoms with Gasteiger partial charge >= 0.3 is 281 Å². The Morgan fingerprint density at radius 2 is 1.50 bits per heavy atom. The number of halogens is 6. The summed E-state index contributed by atoms with van der Waals surface area (Å²) in [5.41, 5.74) is 2.01. The van der Waals surface area contributed by atoms with E-state index in [2.05, 4.69) is 5.09 Å². The molecule has 0 aliphatic carbocycles. The number of carbonyl (C=O) groups excluding carboxylic acids is 3. The molecule has 228 valence electrons. The maximum atomic E-state index is 13.9. The van der Waals surface area contributed by atoms with Crippen LogP contribution in [0.25, 0.3) is 0 Å². The molecule has 0 spiro atoms. The Hall–Kier alpha value is -0.930. The van der Waals surface area contributed by atoms with Crippen molar-refractivity contribution in [1.82, 2.24) is 9.99 Å². The minimum atomic E-state index is -2.31. The molecule has 1 amide bonds. The van der Waals surface area contributed by atoms with Crippen molar-refractivity contribution in [2.75, 3.05) is 24.7 Å². The minimum absolute atomic E-state index is 0.0425. The predicted octanol–water partition coefficient (Wildman–Crippen LogP) is 6.61. The number of nitrogens with zero attached hydrogens (tertiary/aromatic N) is 1. The van der Waals surface area contributed by atoms with Crippen molar-refractivity contribution in [3.05, 3.63) is 83.1 Å². The SMILES string of the molecule is CC(=O)OCC1=C(C(=O)OC(c2ccccc2)c2ccccc2)N2C(=O)[C@H](N[PH2](CC(Cl)(Cl)Cl)CC(Cl)(Cl)Cl)[C@H]2SC1. The molecule has 42 heavy (non-hydrogen) atoms. The number of amides is 1. The molecule has 0 radical (unpaired) electrons. The standard InChI is InChI=1S/C27H27Cl6N2O5PS/c1-16(36)39-12-19-13-42-24-20(34-41(14-26(28,29)30)15-27(31,32)33)23(37)35(24)21(19)25(38)40-22(17-8-4-2-5-9-17)18-10-6-3-7-11-18/h2-11,20,22,24,34H,12-15,41H2,1H3/t20-,24+/m0/s1. The molecule has 2 aromatic rings. The molecule has 1 fully saturated rings. The van der Waals surface area contributed by atoms with E-state index in [9.17, 15) is 14.4 Å². The summed E-state index contributed by atoms with van der Waals surface area (Å²) in [5, 5.41) is 2.81. The second-order valence-corrected chi connectivity index (χ2v) is 18.4. The molecule has 4 rings (SSSR count). The molecule has 2 atom stereocenters. The number of β-lactam (4-membered cyclic amide) rings is 1. The number of carbonyl (C=O) groups is 3. The van der Waals surface area contributed by atoms with Gasteiger partial charge in [0.2, 0.25) is 0 Å².